The second kappa shape index (κ2) is 3.41. The van der Waals surface area contributed by atoms with Gasteiger partial charge < -0.3 is 0 Å². The number of nitrogens with zero attached hydrogens (tertiary/aromatic N) is 2. The smallest absolute Gasteiger partial charge is 0.155 e. The minimum Gasteiger partial charge on any atom is -0.240 e. The van der Waals surface area contributed by atoms with Gasteiger partial charge in [0.05, 0.1) is 0 Å². The number of aromatic nitrogens is 1. The van der Waals surface area contributed by atoms with Crippen LogP contribution in [-0.4, -0.2) is 11.2 Å². The third-order valence-electron chi connectivity index (χ3n) is 3.55. The van der Waals surface area contributed by atoms with E-state index in [4.69, 9.17) is 0 Å². The van der Waals surface area contributed by atoms with Crippen LogP contribution in [0.1, 0.15) is 37.7 Å². The van der Waals surface area contributed by atoms with Crippen LogP contribution in [0.4, 0.5) is 5.82 Å². The predicted molar refractivity (Wildman–Crippen MR) is 64.9 cm³/mol. The van der Waals surface area contributed by atoms with Gasteiger partial charge in [-0.25, -0.2) is 9.98 Å². The molecule has 78 valence electrons. The molecule has 2 nitrogen and oxygen atoms in total. The van der Waals surface area contributed by atoms with Gasteiger partial charge >= 0.3 is 0 Å². The first-order valence-corrected chi connectivity index (χ1v) is 6.31. The van der Waals surface area contributed by atoms with E-state index in [1.54, 1.807) is 0 Å². The fraction of sp³-hybridized carbons (Fsp3) is 0.500. The molecule has 3 rings (SSSR count). The van der Waals surface area contributed by atoms with Crippen LogP contribution in [0.3, 0.4) is 0 Å². The first kappa shape index (κ1) is 9.52. The fourth-order valence-electron chi connectivity index (χ4n) is 2.74. The summed E-state index contributed by atoms with van der Waals surface area (Å²) < 4.78 is 1.07. The Bertz CT molecular complexity index is 420. The van der Waals surface area contributed by atoms with E-state index in [1.165, 1.54) is 37.7 Å². The van der Waals surface area contributed by atoms with Crippen molar-refractivity contribution in [1.29, 1.82) is 0 Å². The van der Waals surface area contributed by atoms with Crippen LogP contribution >= 0.6 is 15.9 Å². The molecule has 0 N–H and O–H groups in total. The van der Waals surface area contributed by atoms with E-state index in [0.717, 1.165) is 10.3 Å². The van der Waals surface area contributed by atoms with Crippen LogP contribution in [0.2, 0.25) is 0 Å². The summed E-state index contributed by atoms with van der Waals surface area (Å²) in [5.74, 6) is 0.931. The zero-order chi connectivity index (χ0) is 10.3. The minimum atomic E-state index is 0.213. The highest BCUT2D eigenvalue weighted by atomic mass is 79.9. The number of aliphatic imine (C=N–C) groups is 1. The Morgan fingerprint density at radius 3 is 2.80 bits per heavy atom. The Kier molecular flexibility index (Phi) is 2.16. The molecule has 1 spiro atoms. The van der Waals surface area contributed by atoms with Crippen LogP contribution in [0.15, 0.2) is 21.7 Å². The lowest BCUT2D eigenvalue weighted by atomic mass is 9.71. The zero-order valence-corrected chi connectivity index (χ0v) is 10.1. The van der Waals surface area contributed by atoms with Crippen LogP contribution in [0.25, 0.3) is 0 Å². The molecular formula is C12H13BrN2. The quantitative estimate of drug-likeness (QED) is 0.701. The van der Waals surface area contributed by atoms with Gasteiger partial charge in [0, 0.05) is 27.9 Å². The van der Waals surface area contributed by atoms with E-state index >= 15 is 0 Å². The highest BCUT2D eigenvalue weighted by molar-refractivity contribution is 9.10. The maximum absolute atomic E-state index is 4.46. The van der Waals surface area contributed by atoms with Crippen molar-refractivity contribution < 1.29 is 0 Å². The number of fused-ring (bicyclic) bond motifs is 2. The molecule has 1 saturated carbocycles. The lowest BCUT2D eigenvalue weighted by molar-refractivity contribution is 0.391. The van der Waals surface area contributed by atoms with E-state index in [9.17, 15) is 0 Å². The van der Waals surface area contributed by atoms with Gasteiger partial charge in [-0.1, -0.05) is 19.3 Å². The lowest BCUT2D eigenvalue weighted by Gasteiger charge is -2.31. The van der Waals surface area contributed by atoms with E-state index in [-0.39, 0.29) is 5.41 Å². The second-order valence-electron chi connectivity index (χ2n) is 4.50. The van der Waals surface area contributed by atoms with Crippen molar-refractivity contribution >= 4 is 28.0 Å². The monoisotopic (exact) mass is 264 g/mol. The third kappa shape index (κ3) is 1.44. The molecule has 15 heavy (non-hydrogen) atoms. The maximum Gasteiger partial charge on any atom is 0.155 e. The number of halogens is 1. The summed E-state index contributed by atoms with van der Waals surface area (Å²) in [7, 11) is 0. The minimum absolute atomic E-state index is 0.213. The molecule has 0 amide bonds. The molecule has 0 atom stereocenters. The van der Waals surface area contributed by atoms with Gasteiger partial charge in [-0.3, -0.25) is 0 Å². The molecule has 2 heterocycles. The Hall–Kier alpha value is -0.700. The third-order valence-corrected chi connectivity index (χ3v) is 3.98. The van der Waals surface area contributed by atoms with Gasteiger partial charge in [-0.05, 0) is 34.8 Å². The van der Waals surface area contributed by atoms with Crippen molar-refractivity contribution in [3.05, 3.63) is 22.3 Å². The average Bonchev–Trinajstić information content (AvgIpc) is 2.59. The molecule has 0 saturated heterocycles. The molecule has 0 aromatic carbocycles. The predicted octanol–water partition coefficient (Wildman–Crippen LogP) is 3.76. The van der Waals surface area contributed by atoms with Crippen LogP contribution in [-0.2, 0) is 5.41 Å². The summed E-state index contributed by atoms with van der Waals surface area (Å²) in [6.45, 7) is 0. The van der Waals surface area contributed by atoms with E-state index < -0.39 is 0 Å². The van der Waals surface area contributed by atoms with Crippen LogP contribution in [0.5, 0.6) is 0 Å². The molecule has 2 aliphatic rings. The van der Waals surface area contributed by atoms with Gasteiger partial charge in [0.2, 0.25) is 0 Å². The maximum atomic E-state index is 4.46. The highest BCUT2D eigenvalue weighted by Crippen LogP contribution is 2.45. The molecule has 0 unspecified atom stereocenters. The molecule has 1 fully saturated rings. The molecule has 1 aliphatic heterocycles. The molecule has 0 radical (unpaired) electrons. The lowest BCUT2D eigenvalue weighted by Crippen LogP contribution is -2.28. The Balaban J connectivity index is 2.09. The Morgan fingerprint density at radius 1 is 1.20 bits per heavy atom. The van der Waals surface area contributed by atoms with Crippen molar-refractivity contribution in [2.45, 2.75) is 37.5 Å². The largest absolute Gasteiger partial charge is 0.240 e. The van der Waals surface area contributed by atoms with Gasteiger partial charge in [0.1, 0.15) is 0 Å². The second-order valence-corrected chi connectivity index (χ2v) is 5.42. The molecule has 3 heteroatoms. The summed E-state index contributed by atoms with van der Waals surface area (Å²) in [5, 5.41) is 0. The van der Waals surface area contributed by atoms with Crippen molar-refractivity contribution in [3.63, 3.8) is 0 Å². The van der Waals surface area contributed by atoms with Gasteiger partial charge in [0.25, 0.3) is 0 Å². The fourth-order valence-corrected chi connectivity index (χ4v) is 3.07. The summed E-state index contributed by atoms with van der Waals surface area (Å²) in [5.41, 5.74) is 1.54. The van der Waals surface area contributed by atoms with Gasteiger partial charge in [-0.2, -0.15) is 0 Å². The molecule has 1 aliphatic carbocycles. The summed E-state index contributed by atoms with van der Waals surface area (Å²) in [6, 6.07) is 2.20. The summed E-state index contributed by atoms with van der Waals surface area (Å²) in [6.07, 6.45) is 10.4. The van der Waals surface area contributed by atoms with Crippen molar-refractivity contribution in [2.24, 2.45) is 4.99 Å². The van der Waals surface area contributed by atoms with Crippen LogP contribution < -0.4 is 0 Å². The van der Waals surface area contributed by atoms with Gasteiger partial charge in [-0.15, -0.1) is 0 Å². The summed E-state index contributed by atoms with van der Waals surface area (Å²) >= 11 is 3.50. The molecular weight excluding hydrogens is 252 g/mol. The normalized spacial score (nSPS) is 21.9. The highest BCUT2D eigenvalue weighted by Gasteiger charge is 2.38. The number of hydrogen-bond acceptors (Lipinski definition) is 2. The van der Waals surface area contributed by atoms with E-state index in [2.05, 4.69) is 38.2 Å². The Labute approximate surface area is 98.0 Å². The topological polar surface area (TPSA) is 25.2 Å². The Morgan fingerprint density at radius 2 is 2.00 bits per heavy atom. The standard InChI is InChI=1S/C12H13BrN2/c13-9-6-10-11(14-7-9)15-8-12(10)4-2-1-3-5-12/h6-8H,1-5H2. The number of hydrogen-bond donors (Lipinski definition) is 0. The van der Waals surface area contributed by atoms with E-state index in [1.807, 2.05) is 6.20 Å². The summed E-state index contributed by atoms with van der Waals surface area (Å²) in [4.78, 5) is 8.82. The average molecular weight is 265 g/mol. The number of pyridine rings is 1. The molecule has 1 aromatic rings. The van der Waals surface area contributed by atoms with Crippen molar-refractivity contribution in [3.8, 4) is 0 Å². The number of rotatable bonds is 0. The molecule has 1 aromatic heterocycles. The van der Waals surface area contributed by atoms with E-state index in [0.29, 0.717) is 0 Å². The SMILES string of the molecule is Brc1cnc2c(c1)C1(C=N2)CCCCC1. The first-order valence-electron chi connectivity index (χ1n) is 5.51. The first-order chi connectivity index (χ1) is 7.30. The molecule has 0 bridgehead atoms. The zero-order valence-electron chi connectivity index (χ0n) is 8.54. The van der Waals surface area contributed by atoms with Crippen molar-refractivity contribution in [1.82, 2.24) is 4.98 Å². The van der Waals surface area contributed by atoms with Crippen LogP contribution in [0, 0.1) is 0 Å². The van der Waals surface area contributed by atoms with Gasteiger partial charge in [0.15, 0.2) is 5.82 Å². The van der Waals surface area contributed by atoms with Crippen molar-refractivity contribution in [2.75, 3.05) is 0 Å².